The minimum atomic E-state index is -1.56. The molecular formula is C13H17F2NO2. The summed E-state index contributed by atoms with van der Waals surface area (Å²) >= 11 is 0. The molecule has 3 nitrogen and oxygen atoms in total. The first-order valence-electron chi connectivity index (χ1n) is 5.99. The summed E-state index contributed by atoms with van der Waals surface area (Å²) in [5.74, 6) is -1.45. The molecule has 1 aliphatic heterocycles. The van der Waals surface area contributed by atoms with Gasteiger partial charge in [0, 0.05) is 12.6 Å². The summed E-state index contributed by atoms with van der Waals surface area (Å²) in [7, 11) is 0. The molecule has 1 fully saturated rings. The predicted molar refractivity (Wildman–Crippen MR) is 63.2 cm³/mol. The van der Waals surface area contributed by atoms with Crippen molar-refractivity contribution in [3.8, 4) is 0 Å². The lowest BCUT2D eigenvalue weighted by molar-refractivity contribution is -0.00116. The van der Waals surface area contributed by atoms with Crippen molar-refractivity contribution in [1.82, 2.24) is 5.32 Å². The van der Waals surface area contributed by atoms with Crippen molar-refractivity contribution in [2.45, 2.75) is 25.0 Å². The second-order valence-electron chi connectivity index (χ2n) is 4.80. The van der Waals surface area contributed by atoms with E-state index in [0.29, 0.717) is 19.8 Å². The van der Waals surface area contributed by atoms with E-state index in [4.69, 9.17) is 4.74 Å². The van der Waals surface area contributed by atoms with Crippen molar-refractivity contribution in [3.63, 3.8) is 0 Å². The monoisotopic (exact) mass is 257 g/mol. The normalized spacial score (nSPS) is 23.7. The molecule has 0 aromatic heterocycles. The van der Waals surface area contributed by atoms with Crippen LogP contribution in [0.3, 0.4) is 0 Å². The Balaban J connectivity index is 2.18. The molecule has 0 radical (unpaired) electrons. The molecule has 2 rings (SSSR count). The third-order valence-corrected chi connectivity index (χ3v) is 3.14. The summed E-state index contributed by atoms with van der Waals surface area (Å²) in [6.45, 7) is 3.16. The van der Waals surface area contributed by atoms with Crippen LogP contribution < -0.4 is 5.32 Å². The molecule has 2 unspecified atom stereocenters. The van der Waals surface area contributed by atoms with Crippen molar-refractivity contribution in [3.05, 3.63) is 35.4 Å². The second-order valence-corrected chi connectivity index (χ2v) is 4.80. The van der Waals surface area contributed by atoms with Crippen LogP contribution in [-0.4, -0.2) is 30.9 Å². The van der Waals surface area contributed by atoms with Crippen molar-refractivity contribution < 1.29 is 18.6 Å². The van der Waals surface area contributed by atoms with Crippen LogP contribution in [0.4, 0.5) is 8.78 Å². The second kappa shape index (κ2) is 5.30. The van der Waals surface area contributed by atoms with Gasteiger partial charge in [-0.1, -0.05) is 6.07 Å². The van der Waals surface area contributed by atoms with E-state index in [2.05, 4.69) is 5.32 Å². The Hall–Kier alpha value is -1.04. The van der Waals surface area contributed by atoms with Gasteiger partial charge in [-0.3, -0.25) is 0 Å². The first kappa shape index (κ1) is 13.4. The van der Waals surface area contributed by atoms with Crippen LogP contribution in [-0.2, 0) is 10.3 Å². The average molecular weight is 257 g/mol. The first-order chi connectivity index (χ1) is 8.50. The maximum absolute atomic E-state index is 13.6. The van der Waals surface area contributed by atoms with E-state index in [1.165, 1.54) is 13.0 Å². The molecule has 0 spiro atoms. The van der Waals surface area contributed by atoms with Crippen LogP contribution in [0.1, 0.15) is 18.9 Å². The highest BCUT2D eigenvalue weighted by Crippen LogP contribution is 2.30. The highest BCUT2D eigenvalue weighted by molar-refractivity contribution is 5.25. The van der Waals surface area contributed by atoms with Crippen LogP contribution in [0.15, 0.2) is 18.2 Å². The predicted octanol–water partition coefficient (Wildman–Crippen LogP) is 1.55. The van der Waals surface area contributed by atoms with E-state index in [0.717, 1.165) is 12.1 Å². The summed E-state index contributed by atoms with van der Waals surface area (Å²) in [6.07, 6.45) is 0.199. The van der Waals surface area contributed by atoms with Gasteiger partial charge in [-0.25, -0.2) is 8.78 Å². The number of ether oxygens (including phenoxy) is 1. The lowest BCUT2D eigenvalue weighted by atomic mass is 9.88. The largest absolute Gasteiger partial charge is 0.385 e. The molecule has 2 atom stereocenters. The van der Waals surface area contributed by atoms with Crippen molar-refractivity contribution in [2.24, 2.45) is 0 Å². The summed E-state index contributed by atoms with van der Waals surface area (Å²) in [4.78, 5) is 0. The Labute approximate surface area is 105 Å². The summed E-state index contributed by atoms with van der Waals surface area (Å²) in [5, 5.41) is 13.5. The van der Waals surface area contributed by atoms with Gasteiger partial charge in [0.05, 0.1) is 24.4 Å². The van der Waals surface area contributed by atoms with E-state index in [1.807, 2.05) is 0 Å². The van der Waals surface area contributed by atoms with Gasteiger partial charge < -0.3 is 15.2 Å². The lowest BCUT2D eigenvalue weighted by Gasteiger charge is -2.32. The number of benzene rings is 1. The van der Waals surface area contributed by atoms with Gasteiger partial charge in [0.2, 0.25) is 0 Å². The smallest absolute Gasteiger partial charge is 0.132 e. The zero-order valence-corrected chi connectivity index (χ0v) is 10.2. The molecule has 0 amide bonds. The summed E-state index contributed by atoms with van der Waals surface area (Å²) in [5.41, 5.74) is -1.84. The number of halogens is 2. The minimum Gasteiger partial charge on any atom is -0.385 e. The van der Waals surface area contributed by atoms with Gasteiger partial charge in [-0.05, 0) is 25.5 Å². The zero-order valence-electron chi connectivity index (χ0n) is 10.2. The average Bonchev–Trinajstić information content (AvgIpc) is 2.28. The minimum absolute atomic E-state index is 0.104. The highest BCUT2D eigenvalue weighted by Gasteiger charge is 2.33. The molecule has 5 heteroatoms. The SMILES string of the molecule is CC(O)(CC1COCCN1)c1c(F)cccc1F. The van der Waals surface area contributed by atoms with Crippen LogP contribution in [0.2, 0.25) is 0 Å². The highest BCUT2D eigenvalue weighted by atomic mass is 19.1. The van der Waals surface area contributed by atoms with Gasteiger partial charge in [-0.2, -0.15) is 0 Å². The topological polar surface area (TPSA) is 41.5 Å². The number of hydrogen-bond donors (Lipinski definition) is 2. The Kier molecular flexibility index (Phi) is 3.94. The molecule has 18 heavy (non-hydrogen) atoms. The van der Waals surface area contributed by atoms with E-state index >= 15 is 0 Å². The Morgan fingerprint density at radius 1 is 1.44 bits per heavy atom. The Morgan fingerprint density at radius 3 is 2.67 bits per heavy atom. The van der Waals surface area contributed by atoms with Gasteiger partial charge in [0.25, 0.3) is 0 Å². The fourth-order valence-corrected chi connectivity index (χ4v) is 2.35. The van der Waals surface area contributed by atoms with E-state index in [9.17, 15) is 13.9 Å². The maximum Gasteiger partial charge on any atom is 0.132 e. The third kappa shape index (κ3) is 2.85. The van der Waals surface area contributed by atoms with Gasteiger partial charge >= 0.3 is 0 Å². The molecule has 0 bridgehead atoms. The molecule has 2 N–H and O–H groups in total. The molecule has 1 saturated heterocycles. The van der Waals surface area contributed by atoms with Crippen LogP contribution >= 0.6 is 0 Å². The molecule has 100 valence electrons. The van der Waals surface area contributed by atoms with E-state index in [1.54, 1.807) is 0 Å². The molecule has 1 aliphatic rings. The standard InChI is InChI=1S/C13H17F2NO2/c1-13(17,7-9-8-18-6-5-16-9)12-10(14)3-2-4-11(12)15/h2-4,9,16-17H,5-8H2,1H3. The van der Waals surface area contributed by atoms with Crippen LogP contribution in [0.5, 0.6) is 0 Å². The molecule has 0 saturated carbocycles. The van der Waals surface area contributed by atoms with Crippen molar-refractivity contribution in [2.75, 3.05) is 19.8 Å². The van der Waals surface area contributed by atoms with Crippen molar-refractivity contribution in [1.29, 1.82) is 0 Å². The number of hydrogen-bond acceptors (Lipinski definition) is 3. The number of rotatable bonds is 3. The van der Waals surface area contributed by atoms with E-state index in [-0.39, 0.29) is 18.0 Å². The Bertz CT molecular complexity index is 397. The molecule has 0 aliphatic carbocycles. The third-order valence-electron chi connectivity index (χ3n) is 3.14. The zero-order chi connectivity index (χ0) is 13.2. The van der Waals surface area contributed by atoms with Gasteiger partial charge in [-0.15, -0.1) is 0 Å². The van der Waals surface area contributed by atoms with Gasteiger partial charge in [0.15, 0.2) is 0 Å². The summed E-state index contributed by atoms with van der Waals surface area (Å²) in [6, 6.07) is 3.48. The van der Waals surface area contributed by atoms with E-state index < -0.39 is 17.2 Å². The molecule has 1 heterocycles. The molecular weight excluding hydrogens is 240 g/mol. The quantitative estimate of drug-likeness (QED) is 0.863. The number of aliphatic hydroxyl groups is 1. The lowest BCUT2D eigenvalue weighted by Crippen LogP contribution is -2.45. The fraction of sp³-hybridized carbons (Fsp3) is 0.538. The molecule has 1 aromatic rings. The van der Waals surface area contributed by atoms with Crippen molar-refractivity contribution >= 4 is 0 Å². The Morgan fingerprint density at radius 2 is 2.11 bits per heavy atom. The van der Waals surface area contributed by atoms with Gasteiger partial charge in [0.1, 0.15) is 11.6 Å². The van der Waals surface area contributed by atoms with Crippen LogP contribution in [0.25, 0.3) is 0 Å². The number of morpholine rings is 1. The fourth-order valence-electron chi connectivity index (χ4n) is 2.35. The number of nitrogens with one attached hydrogen (secondary N) is 1. The van der Waals surface area contributed by atoms with Crippen LogP contribution in [0, 0.1) is 11.6 Å². The maximum atomic E-state index is 13.6. The molecule has 1 aromatic carbocycles. The summed E-state index contributed by atoms with van der Waals surface area (Å²) < 4.78 is 32.6. The first-order valence-corrected chi connectivity index (χ1v) is 5.99.